The average molecular weight is 241 g/mol. The molecule has 14 heavy (non-hydrogen) atoms. The van der Waals surface area contributed by atoms with Crippen LogP contribution in [0.4, 0.5) is 0 Å². The van der Waals surface area contributed by atoms with Crippen molar-refractivity contribution < 1.29 is 17.9 Å². The molecule has 0 bridgehead atoms. The summed E-state index contributed by atoms with van der Waals surface area (Å²) in [5.41, 5.74) is 6.96. The second-order valence-corrected chi connectivity index (χ2v) is 4.32. The number of sulfonamides is 1. The minimum atomic E-state index is -3.80. The van der Waals surface area contributed by atoms with E-state index in [0.717, 1.165) is 0 Å². The van der Waals surface area contributed by atoms with Crippen LogP contribution in [0, 0.1) is 0 Å². The van der Waals surface area contributed by atoms with Gasteiger partial charge in [-0.2, -0.15) is 0 Å². The molecular formula is C5H11N3O4S2. The van der Waals surface area contributed by atoms with E-state index in [2.05, 4.69) is 17.0 Å². The topological polar surface area (TPSA) is 111 Å². The molecule has 0 saturated heterocycles. The number of esters is 1. The third kappa shape index (κ3) is 6.57. The molecule has 0 aliphatic heterocycles. The molecule has 4 N–H and O–H groups in total. The van der Waals surface area contributed by atoms with Crippen molar-refractivity contribution in [1.29, 1.82) is 0 Å². The van der Waals surface area contributed by atoms with Crippen molar-refractivity contribution in [1.82, 2.24) is 10.3 Å². The molecule has 82 valence electrons. The monoisotopic (exact) mass is 241 g/mol. The predicted molar refractivity (Wildman–Crippen MR) is 53.5 cm³/mol. The van der Waals surface area contributed by atoms with Gasteiger partial charge < -0.3 is 10.5 Å². The van der Waals surface area contributed by atoms with Crippen LogP contribution in [0.1, 0.15) is 6.92 Å². The highest BCUT2D eigenvalue weighted by molar-refractivity contribution is 7.90. The molecule has 0 spiro atoms. The van der Waals surface area contributed by atoms with Gasteiger partial charge in [0, 0.05) is 0 Å². The lowest BCUT2D eigenvalue weighted by atomic mass is 10.8. The number of carbonyl (C=O) groups excluding carboxylic acids is 1. The average Bonchev–Trinajstić information content (AvgIpc) is 2.00. The van der Waals surface area contributed by atoms with Crippen molar-refractivity contribution >= 4 is 33.3 Å². The van der Waals surface area contributed by atoms with E-state index in [1.807, 2.05) is 5.43 Å². The summed E-state index contributed by atoms with van der Waals surface area (Å²) in [5, 5.41) is -0.238. The van der Waals surface area contributed by atoms with Crippen LogP contribution in [0.5, 0.6) is 0 Å². The highest BCUT2D eigenvalue weighted by atomic mass is 32.2. The van der Waals surface area contributed by atoms with Gasteiger partial charge in [0.15, 0.2) is 10.9 Å². The van der Waals surface area contributed by atoms with Gasteiger partial charge in [-0.3, -0.25) is 10.2 Å². The first-order valence-electron chi connectivity index (χ1n) is 3.58. The molecule has 7 nitrogen and oxygen atoms in total. The van der Waals surface area contributed by atoms with Crippen LogP contribution >= 0.6 is 12.2 Å². The van der Waals surface area contributed by atoms with Crippen LogP contribution in [-0.2, 0) is 19.6 Å². The van der Waals surface area contributed by atoms with Gasteiger partial charge in [0.1, 0.15) is 0 Å². The van der Waals surface area contributed by atoms with Crippen LogP contribution in [0.3, 0.4) is 0 Å². The second kappa shape index (κ2) is 5.73. The fourth-order valence-electron chi connectivity index (χ4n) is 0.522. The van der Waals surface area contributed by atoms with Gasteiger partial charge in [0.25, 0.3) is 0 Å². The molecule has 0 radical (unpaired) electrons. The third-order valence-corrected chi connectivity index (χ3v) is 2.07. The molecule has 0 heterocycles. The zero-order valence-corrected chi connectivity index (χ0v) is 9.07. The number of rotatable bonds is 5. The normalized spacial score (nSPS) is 10.6. The summed E-state index contributed by atoms with van der Waals surface area (Å²) in [6, 6.07) is 0. The lowest BCUT2D eigenvalue weighted by molar-refractivity contribution is -0.139. The van der Waals surface area contributed by atoms with Gasteiger partial charge in [-0.15, -0.1) is 4.83 Å². The van der Waals surface area contributed by atoms with Gasteiger partial charge >= 0.3 is 5.97 Å². The Morgan fingerprint density at radius 3 is 2.57 bits per heavy atom. The molecule has 0 amide bonds. The van der Waals surface area contributed by atoms with E-state index in [4.69, 9.17) is 5.73 Å². The Balaban J connectivity index is 4.08. The quantitative estimate of drug-likeness (QED) is 0.296. The van der Waals surface area contributed by atoms with Gasteiger partial charge in [0.05, 0.1) is 6.61 Å². The number of ether oxygens (including phenoxy) is 1. The van der Waals surface area contributed by atoms with E-state index < -0.39 is 21.7 Å². The fraction of sp³-hybridized carbons (Fsp3) is 0.600. The highest BCUT2D eigenvalue weighted by Gasteiger charge is 2.16. The zero-order chi connectivity index (χ0) is 11.2. The minimum absolute atomic E-state index is 0.122. The first kappa shape index (κ1) is 13.1. The largest absolute Gasteiger partial charge is 0.465 e. The van der Waals surface area contributed by atoms with Crippen LogP contribution in [-0.4, -0.2) is 31.9 Å². The van der Waals surface area contributed by atoms with Crippen molar-refractivity contribution in [3.63, 3.8) is 0 Å². The molecule has 0 aromatic heterocycles. The summed E-state index contributed by atoms with van der Waals surface area (Å²) < 4.78 is 26.5. The van der Waals surface area contributed by atoms with E-state index in [-0.39, 0.29) is 11.7 Å². The Labute approximate surface area is 87.0 Å². The molecular weight excluding hydrogens is 230 g/mol. The maximum atomic E-state index is 11.0. The van der Waals surface area contributed by atoms with E-state index in [9.17, 15) is 13.2 Å². The number of hydrogen-bond acceptors (Lipinski definition) is 5. The molecule has 0 rings (SSSR count). The summed E-state index contributed by atoms with van der Waals surface area (Å²) in [7, 11) is -3.80. The molecule has 0 aliphatic rings. The Hall–Kier alpha value is -0.930. The summed E-state index contributed by atoms with van der Waals surface area (Å²) >= 11 is 4.35. The van der Waals surface area contributed by atoms with E-state index in [0.29, 0.717) is 0 Å². The van der Waals surface area contributed by atoms with E-state index in [1.165, 1.54) is 0 Å². The molecule has 9 heteroatoms. The van der Waals surface area contributed by atoms with Crippen molar-refractivity contribution in [3.8, 4) is 0 Å². The van der Waals surface area contributed by atoms with Crippen LogP contribution < -0.4 is 16.0 Å². The Morgan fingerprint density at radius 1 is 1.57 bits per heavy atom. The van der Waals surface area contributed by atoms with Gasteiger partial charge in [-0.25, -0.2) is 8.42 Å². The van der Waals surface area contributed by atoms with E-state index in [1.54, 1.807) is 11.8 Å². The molecule has 0 aromatic carbocycles. The van der Waals surface area contributed by atoms with Gasteiger partial charge in [-0.1, -0.05) is 0 Å². The molecule has 0 atom stereocenters. The maximum Gasteiger partial charge on any atom is 0.322 e. The third-order valence-electron chi connectivity index (χ3n) is 0.943. The molecule has 0 unspecified atom stereocenters. The predicted octanol–water partition coefficient (Wildman–Crippen LogP) is -1.78. The minimum Gasteiger partial charge on any atom is -0.465 e. The highest BCUT2D eigenvalue weighted by Crippen LogP contribution is 1.86. The van der Waals surface area contributed by atoms with Crippen molar-refractivity contribution in [2.24, 2.45) is 5.73 Å². The maximum absolute atomic E-state index is 11.0. The standard InChI is InChI=1S/C5H11N3O4S2/c1-2-12-4(9)3-14(10,11)8-7-5(6)13/h8H,2-3H2,1H3,(H3,6,7,13). The lowest BCUT2D eigenvalue weighted by Gasteiger charge is -2.06. The molecule has 0 fully saturated rings. The first-order chi connectivity index (χ1) is 6.37. The van der Waals surface area contributed by atoms with E-state index >= 15 is 0 Å². The van der Waals surface area contributed by atoms with Crippen molar-refractivity contribution in [2.75, 3.05) is 12.4 Å². The number of carbonyl (C=O) groups is 1. The Bertz CT molecular complexity index is 313. The van der Waals surface area contributed by atoms with Crippen LogP contribution in [0.2, 0.25) is 0 Å². The number of thiocarbonyl (C=S) groups is 1. The Morgan fingerprint density at radius 2 is 2.14 bits per heavy atom. The lowest BCUT2D eigenvalue weighted by Crippen LogP contribution is -2.46. The van der Waals surface area contributed by atoms with Crippen molar-refractivity contribution in [3.05, 3.63) is 0 Å². The number of nitrogens with two attached hydrogens (primary N) is 1. The number of hydrazine groups is 1. The van der Waals surface area contributed by atoms with Crippen LogP contribution in [0.25, 0.3) is 0 Å². The van der Waals surface area contributed by atoms with Crippen molar-refractivity contribution in [2.45, 2.75) is 6.92 Å². The van der Waals surface area contributed by atoms with Crippen LogP contribution in [0.15, 0.2) is 0 Å². The molecule has 0 aliphatic carbocycles. The number of nitrogens with one attached hydrogen (secondary N) is 2. The summed E-state index contributed by atoms with van der Waals surface area (Å²) in [6.07, 6.45) is 0. The smallest absolute Gasteiger partial charge is 0.322 e. The summed E-state index contributed by atoms with van der Waals surface area (Å²) in [5.74, 6) is -1.62. The SMILES string of the molecule is CCOC(=O)CS(=O)(=O)NNC(N)=S. The summed E-state index contributed by atoms with van der Waals surface area (Å²) in [4.78, 5) is 12.6. The second-order valence-electron chi connectivity index (χ2n) is 2.16. The molecule has 0 saturated carbocycles. The summed E-state index contributed by atoms with van der Waals surface area (Å²) in [6.45, 7) is 1.70. The Kier molecular flexibility index (Phi) is 5.35. The van der Waals surface area contributed by atoms with Gasteiger partial charge in [-0.05, 0) is 19.1 Å². The fourth-order valence-corrected chi connectivity index (χ4v) is 1.37. The zero-order valence-electron chi connectivity index (χ0n) is 7.44. The molecule has 0 aromatic rings. The van der Waals surface area contributed by atoms with Gasteiger partial charge in [0.2, 0.25) is 10.0 Å². The number of hydrogen-bond donors (Lipinski definition) is 3. The first-order valence-corrected chi connectivity index (χ1v) is 5.64.